The molecule has 1 fully saturated rings. The van der Waals surface area contributed by atoms with Crippen LogP contribution < -0.4 is 0 Å². The van der Waals surface area contributed by atoms with E-state index in [1.165, 1.54) is 6.92 Å². The molecule has 1 saturated heterocycles. The summed E-state index contributed by atoms with van der Waals surface area (Å²) in [4.78, 5) is 20.5. The summed E-state index contributed by atoms with van der Waals surface area (Å²) in [6, 6.07) is 3.77. The fraction of sp³-hybridized carbons (Fsp3) is 0.611. The lowest BCUT2D eigenvalue weighted by molar-refractivity contribution is -0.292. The molecule has 2 heterocycles. The average molecular weight is 350 g/mol. The van der Waals surface area contributed by atoms with Crippen LogP contribution in [-0.2, 0) is 19.1 Å². The third-order valence-corrected chi connectivity index (χ3v) is 4.40. The largest absolute Gasteiger partial charge is 0.477 e. The molecule has 0 amide bonds. The molecular weight excluding hydrogens is 324 g/mol. The second-order valence-electron chi connectivity index (χ2n) is 6.39. The number of rotatable bonds is 8. The van der Waals surface area contributed by atoms with Crippen molar-refractivity contribution in [1.29, 1.82) is 0 Å². The molecule has 2 rings (SSSR count). The number of hydrogen-bond donors (Lipinski definition) is 1. The van der Waals surface area contributed by atoms with E-state index in [-0.39, 0.29) is 12.0 Å². The normalized spacial score (nSPS) is 27.1. The molecule has 138 valence electrons. The second-order valence-corrected chi connectivity index (χ2v) is 6.39. The van der Waals surface area contributed by atoms with Gasteiger partial charge in [-0.05, 0) is 45.2 Å². The Morgan fingerprint density at radius 1 is 1.44 bits per heavy atom. The van der Waals surface area contributed by atoms with Crippen molar-refractivity contribution in [2.45, 2.75) is 51.9 Å². The number of nitrogens with zero attached hydrogens (tertiary/aromatic N) is 2. The van der Waals surface area contributed by atoms with E-state index in [4.69, 9.17) is 19.4 Å². The number of aliphatic carboxylic acids is 1. The summed E-state index contributed by atoms with van der Waals surface area (Å²) in [7, 11) is 0. The van der Waals surface area contributed by atoms with E-state index in [1.54, 1.807) is 12.4 Å². The van der Waals surface area contributed by atoms with Gasteiger partial charge in [0.05, 0.1) is 18.4 Å². The average Bonchev–Trinajstić information content (AvgIpc) is 2.60. The molecule has 1 aliphatic rings. The summed E-state index contributed by atoms with van der Waals surface area (Å²) < 4.78 is 10.9. The van der Waals surface area contributed by atoms with Crippen molar-refractivity contribution in [3.8, 4) is 0 Å². The van der Waals surface area contributed by atoms with E-state index in [0.717, 1.165) is 30.5 Å². The fourth-order valence-electron chi connectivity index (χ4n) is 2.68. The van der Waals surface area contributed by atoms with Crippen LogP contribution in [0.3, 0.4) is 0 Å². The zero-order valence-corrected chi connectivity index (χ0v) is 15.0. The third-order valence-electron chi connectivity index (χ3n) is 4.40. The summed E-state index contributed by atoms with van der Waals surface area (Å²) in [5.74, 6) is -2.43. The Labute approximate surface area is 148 Å². The van der Waals surface area contributed by atoms with Crippen LogP contribution in [0.4, 0.5) is 0 Å². The smallest absolute Gasteiger partial charge is 0.364 e. The molecule has 0 aliphatic carbocycles. The molecule has 0 aromatic carbocycles. The SMILES string of the molecule is C/C(=N/OCCCCC1COC(C)(C(=O)O)OC1C)c1ccncc1. The van der Waals surface area contributed by atoms with Crippen LogP contribution in [0.5, 0.6) is 0 Å². The Morgan fingerprint density at radius 3 is 2.80 bits per heavy atom. The van der Waals surface area contributed by atoms with Gasteiger partial charge in [-0.1, -0.05) is 5.16 Å². The number of oxime groups is 1. The molecule has 0 spiro atoms. The van der Waals surface area contributed by atoms with Crippen molar-refractivity contribution in [2.75, 3.05) is 13.2 Å². The van der Waals surface area contributed by atoms with Crippen LogP contribution >= 0.6 is 0 Å². The fourth-order valence-corrected chi connectivity index (χ4v) is 2.68. The number of unbranched alkanes of at least 4 members (excludes halogenated alkanes) is 1. The maximum absolute atomic E-state index is 11.1. The second kappa shape index (κ2) is 8.92. The summed E-state index contributed by atoms with van der Waals surface area (Å²) in [6.07, 6.45) is 6.00. The molecule has 1 aromatic heterocycles. The van der Waals surface area contributed by atoms with Gasteiger partial charge in [0.2, 0.25) is 0 Å². The van der Waals surface area contributed by atoms with Gasteiger partial charge in [-0.25, -0.2) is 4.79 Å². The molecule has 0 radical (unpaired) electrons. The Bertz CT molecular complexity index is 592. The lowest BCUT2D eigenvalue weighted by Gasteiger charge is -2.39. The number of ether oxygens (including phenoxy) is 2. The Balaban J connectivity index is 1.64. The van der Waals surface area contributed by atoms with Gasteiger partial charge < -0.3 is 19.4 Å². The lowest BCUT2D eigenvalue weighted by atomic mass is 9.96. The molecule has 0 bridgehead atoms. The Morgan fingerprint density at radius 2 is 2.16 bits per heavy atom. The monoisotopic (exact) mass is 350 g/mol. The summed E-state index contributed by atoms with van der Waals surface area (Å²) in [6.45, 7) is 6.17. The van der Waals surface area contributed by atoms with Gasteiger partial charge in [0.1, 0.15) is 6.61 Å². The Kier molecular flexibility index (Phi) is 6.90. The summed E-state index contributed by atoms with van der Waals surface area (Å²) in [5.41, 5.74) is 1.81. The van der Waals surface area contributed by atoms with Gasteiger partial charge in [0, 0.05) is 30.8 Å². The highest BCUT2D eigenvalue weighted by atomic mass is 16.7. The van der Waals surface area contributed by atoms with Crippen molar-refractivity contribution >= 4 is 11.7 Å². The highest BCUT2D eigenvalue weighted by molar-refractivity contribution is 5.98. The van der Waals surface area contributed by atoms with Crippen LogP contribution in [0.25, 0.3) is 0 Å². The molecule has 1 aliphatic heterocycles. The van der Waals surface area contributed by atoms with Crippen molar-refractivity contribution in [3.05, 3.63) is 30.1 Å². The molecule has 7 nitrogen and oxygen atoms in total. The van der Waals surface area contributed by atoms with E-state index < -0.39 is 11.8 Å². The van der Waals surface area contributed by atoms with E-state index >= 15 is 0 Å². The van der Waals surface area contributed by atoms with Gasteiger partial charge in [0.15, 0.2) is 0 Å². The minimum absolute atomic E-state index is 0.150. The molecule has 3 unspecified atom stereocenters. The molecule has 3 atom stereocenters. The zero-order chi connectivity index (χ0) is 18.3. The minimum Gasteiger partial charge on any atom is -0.477 e. The molecule has 0 saturated carbocycles. The maximum Gasteiger partial charge on any atom is 0.364 e. The van der Waals surface area contributed by atoms with Crippen molar-refractivity contribution in [2.24, 2.45) is 11.1 Å². The number of pyridine rings is 1. The van der Waals surface area contributed by atoms with Crippen LogP contribution in [0, 0.1) is 5.92 Å². The lowest BCUT2D eigenvalue weighted by Crippen LogP contribution is -2.51. The van der Waals surface area contributed by atoms with Crippen molar-refractivity contribution < 1.29 is 24.2 Å². The predicted molar refractivity (Wildman–Crippen MR) is 92.3 cm³/mol. The van der Waals surface area contributed by atoms with Gasteiger partial charge in [-0.2, -0.15) is 0 Å². The quantitative estimate of drug-likeness (QED) is 0.440. The third kappa shape index (κ3) is 5.51. The Hall–Kier alpha value is -1.99. The molecule has 25 heavy (non-hydrogen) atoms. The van der Waals surface area contributed by atoms with Crippen LogP contribution in [-0.4, -0.2) is 46.9 Å². The summed E-state index contributed by atoms with van der Waals surface area (Å²) >= 11 is 0. The molecule has 7 heteroatoms. The van der Waals surface area contributed by atoms with E-state index in [1.807, 2.05) is 26.0 Å². The molecule has 1 aromatic rings. The number of carboxylic acids is 1. The van der Waals surface area contributed by atoms with Gasteiger partial charge in [-0.3, -0.25) is 4.98 Å². The van der Waals surface area contributed by atoms with Crippen LogP contribution in [0.1, 0.15) is 45.6 Å². The topological polar surface area (TPSA) is 90.2 Å². The van der Waals surface area contributed by atoms with E-state index in [9.17, 15) is 4.79 Å². The number of aromatic nitrogens is 1. The van der Waals surface area contributed by atoms with E-state index in [2.05, 4.69) is 10.1 Å². The molecule has 1 N–H and O–H groups in total. The standard InChI is InChI=1S/C18H26N2O5/c1-13(15-7-9-19-10-8-15)20-24-11-5-4-6-16-12-23-18(3,17(21)22)25-14(16)2/h7-10,14,16H,4-6,11-12H2,1-3H3,(H,21,22)/b20-13-. The first-order valence-electron chi connectivity index (χ1n) is 8.54. The number of carbonyl (C=O) groups is 1. The first-order valence-corrected chi connectivity index (χ1v) is 8.54. The highest BCUT2D eigenvalue weighted by Gasteiger charge is 2.43. The van der Waals surface area contributed by atoms with Crippen LogP contribution in [0.15, 0.2) is 29.7 Å². The van der Waals surface area contributed by atoms with Gasteiger partial charge in [-0.15, -0.1) is 0 Å². The van der Waals surface area contributed by atoms with Gasteiger partial charge in [0.25, 0.3) is 5.79 Å². The predicted octanol–water partition coefficient (Wildman–Crippen LogP) is 2.84. The minimum atomic E-state index is -1.53. The number of carboxylic acid groups (broad SMARTS) is 1. The summed E-state index contributed by atoms with van der Waals surface area (Å²) in [5, 5.41) is 13.2. The number of hydrogen-bond acceptors (Lipinski definition) is 6. The first-order chi connectivity index (χ1) is 11.9. The van der Waals surface area contributed by atoms with Gasteiger partial charge >= 0.3 is 5.97 Å². The first kappa shape index (κ1) is 19.3. The zero-order valence-electron chi connectivity index (χ0n) is 15.0. The van der Waals surface area contributed by atoms with Crippen LogP contribution in [0.2, 0.25) is 0 Å². The van der Waals surface area contributed by atoms with Crippen molar-refractivity contribution in [3.63, 3.8) is 0 Å². The maximum atomic E-state index is 11.1. The van der Waals surface area contributed by atoms with E-state index in [0.29, 0.717) is 13.2 Å². The highest BCUT2D eigenvalue weighted by Crippen LogP contribution is 2.29. The molecular formula is C18H26N2O5. The van der Waals surface area contributed by atoms with Crippen molar-refractivity contribution in [1.82, 2.24) is 4.98 Å².